The second kappa shape index (κ2) is 7.26. The molecule has 0 aliphatic rings. The monoisotopic (exact) mass is 498 g/mol. The number of carboxylic acid groups (broad SMARTS) is 2. The third kappa shape index (κ3) is 3.41. The number of nitrogens with zero attached hydrogens (tertiary/aromatic N) is 2. The Morgan fingerprint density at radius 1 is 0.759 bits per heavy atom. The molecule has 2 aromatic heterocycles. The van der Waals surface area contributed by atoms with E-state index in [0.717, 1.165) is 32.9 Å². The summed E-state index contributed by atoms with van der Waals surface area (Å²) in [6, 6.07) is 15.8. The molecule has 0 amide bonds. The van der Waals surface area contributed by atoms with E-state index in [1.807, 2.05) is 60.9 Å². The van der Waals surface area contributed by atoms with Crippen molar-refractivity contribution in [3.05, 3.63) is 72.1 Å². The van der Waals surface area contributed by atoms with E-state index in [1.54, 1.807) is 0 Å². The summed E-state index contributed by atoms with van der Waals surface area (Å²) in [5.41, 5.74) is 3.67. The van der Waals surface area contributed by atoms with Crippen molar-refractivity contribution < 1.29 is 19.8 Å². The van der Waals surface area contributed by atoms with Crippen LogP contribution in [-0.2, 0) is 22.4 Å². The number of fused-ring (bicyclic) bond motifs is 2. The second-order valence-electron chi connectivity index (χ2n) is 7.72. The molecule has 29 heavy (non-hydrogen) atoms. The molecule has 6 nitrogen and oxygen atoms in total. The summed E-state index contributed by atoms with van der Waals surface area (Å²) < 4.78 is 4.55. The summed E-state index contributed by atoms with van der Waals surface area (Å²) in [6.45, 7) is 0. The molecule has 0 aliphatic carbocycles. The molecule has 2 N–H and O–H groups in total. The molecule has 7 heteroatoms. The van der Waals surface area contributed by atoms with E-state index in [0.29, 0.717) is 0 Å². The third-order valence-electron chi connectivity index (χ3n) is 5.45. The van der Waals surface area contributed by atoms with Gasteiger partial charge in [0.15, 0.2) is 0 Å². The molecule has 2 heterocycles. The van der Waals surface area contributed by atoms with Crippen LogP contribution in [-0.4, -0.2) is 46.7 Å². The summed E-state index contributed by atoms with van der Waals surface area (Å²) >= 11 is -3.32. The number of hydrogen-bond donors (Lipinski definition) is 2. The van der Waals surface area contributed by atoms with Crippen molar-refractivity contribution in [3.63, 3.8) is 0 Å². The molecule has 4 aromatic rings. The van der Waals surface area contributed by atoms with Crippen LogP contribution in [0.1, 0.15) is 11.1 Å². The van der Waals surface area contributed by atoms with Gasteiger partial charge >= 0.3 is 173 Å². The van der Waals surface area contributed by atoms with Crippen molar-refractivity contribution in [2.45, 2.75) is 22.7 Å². The molecule has 0 atom stereocenters. The number of aliphatic carboxylic acids is 2. The molecule has 0 fully saturated rings. The predicted molar refractivity (Wildman–Crippen MR) is 115 cm³/mol. The molecule has 0 unspecified atom stereocenters. The van der Waals surface area contributed by atoms with Crippen molar-refractivity contribution in [1.82, 2.24) is 5.58 Å². The zero-order valence-electron chi connectivity index (χ0n) is 16.3. The zero-order valence-corrected chi connectivity index (χ0v) is 19.1. The summed E-state index contributed by atoms with van der Waals surface area (Å²) in [5.74, 6) is -1.70. The Morgan fingerprint density at radius 2 is 1.14 bits per heavy atom. The zero-order chi connectivity index (χ0) is 20.8. The van der Waals surface area contributed by atoms with Gasteiger partial charge in [-0.3, -0.25) is 0 Å². The van der Waals surface area contributed by atoms with Gasteiger partial charge in [-0.1, -0.05) is 0 Å². The van der Waals surface area contributed by atoms with Gasteiger partial charge in [0.1, 0.15) is 0 Å². The Hall–Kier alpha value is -2.74. The van der Waals surface area contributed by atoms with E-state index in [-0.39, 0.29) is 12.8 Å². The quantitative estimate of drug-likeness (QED) is 0.396. The van der Waals surface area contributed by atoms with Crippen molar-refractivity contribution in [2.75, 3.05) is 0 Å². The molecule has 0 spiro atoms. The molecule has 2 aromatic carbocycles. The minimum absolute atomic E-state index is 0.0217. The normalized spacial score (nSPS) is 11.9. The predicted octanol–water partition coefficient (Wildman–Crippen LogP) is 3.95. The Kier molecular flexibility index (Phi) is 4.90. The minimum atomic E-state index is -3.32. The first-order valence-electron chi connectivity index (χ1n) is 9.41. The van der Waals surface area contributed by atoms with Gasteiger partial charge < -0.3 is 0 Å². The fraction of sp³-hybridized carbons (Fsp3) is 0.182. The average Bonchev–Trinajstić information content (AvgIpc) is 3.21. The molecule has 0 saturated carbocycles. The molecule has 0 bridgehead atoms. The van der Waals surface area contributed by atoms with Crippen molar-refractivity contribution >= 4 is 52.7 Å². The van der Waals surface area contributed by atoms with Crippen molar-refractivity contribution in [2.24, 2.45) is 0 Å². The van der Waals surface area contributed by atoms with Gasteiger partial charge in [-0.15, -0.1) is 0 Å². The van der Waals surface area contributed by atoms with Crippen molar-refractivity contribution in [3.8, 4) is 0 Å². The van der Waals surface area contributed by atoms with E-state index in [2.05, 4.69) is 15.5 Å². The van der Waals surface area contributed by atoms with E-state index < -0.39 is 30.9 Å². The van der Waals surface area contributed by atoms with Gasteiger partial charge in [-0.25, -0.2) is 0 Å². The van der Waals surface area contributed by atoms with Gasteiger partial charge in [0.25, 0.3) is 0 Å². The van der Waals surface area contributed by atoms with Crippen LogP contribution in [0, 0.1) is 0 Å². The van der Waals surface area contributed by atoms with Gasteiger partial charge in [0.2, 0.25) is 0 Å². The number of hydrogen-bond acceptors (Lipinski definition) is 2. The molecule has 0 aliphatic heterocycles. The molecular formula is C22H22N2O4Sn. The summed E-state index contributed by atoms with van der Waals surface area (Å²) in [4.78, 5) is 27.2. The Labute approximate surface area is 172 Å². The molecule has 4 rings (SSSR count). The SMILES string of the molecule is [CH3][Sn]([CH3])([n]1cc(CC(=O)O)c2ccccc21)[n]1cc(CC(=O)O)c2ccccc21. The fourth-order valence-electron chi connectivity index (χ4n) is 4.13. The molecular weight excluding hydrogens is 475 g/mol. The second-order valence-corrected chi connectivity index (χ2v) is 19.0. The number of carboxylic acids is 2. The van der Waals surface area contributed by atoms with Crippen LogP contribution >= 0.6 is 0 Å². The van der Waals surface area contributed by atoms with Crippen LogP contribution in [0.15, 0.2) is 60.9 Å². The molecule has 0 radical (unpaired) electrons. The average molecular weight is 497 g/mol. The number of para-hydroxylation sites is 2. The van der Waals surface area contributed by atoms with Gasteiger partial charge in [-0.05, 0) is 0 Å². The third-order valence-corrected chi connectivity index (χ3v) is 14.3. The van der Waals surface area contributed by atoms with Crippen LogP contribution in [0.4, 0.5) is 0 Å². The fourth-order valence-corrected chi connectivity index (χ4v) is 12.0. The maximum absolute atomic E-state index is 11.4. The maximum atomic E-state index is 11.4. The number of carbonyl (C=O) groups is 2. The first-order chi connectivity index (χ1) is 13.8. The molecule has 0 saturated heterocycles. The topological polar surface area (TPSA) is 84.5 Å². The van der Waals surface area contributed by atoms with Gasteiger partial charge in [0, 0.05) is 0 Å². The van der Waals surface area contributed by atoms with E-state index in [1.165, 1.54) is 0 Å². The Morgan fingerprint density at radius 3 is 1.52 bits per heavy atom. The number of rotatable bonds is 6. The Balaban J connectivity index is 1.95. The van der Waals surface area contributed by atoms with Crippen molar-refractivity contribution in [1.29, 1.82) is 0 Å². The van der Waals surface area contributed by atoms with Gasteiger partial charge in [0.05, 0.1) is 0 Å². The van der Waals surface area contributed by atoms with Gasteiger partial charge in [-0.2, -0.15) is 0 Å². The standard InChI is InChI=1S/2C10H8NO2.2CH3.Sn/c2*12-10(13)5-7-6-11-9-4-2-1-3-8(7)9;;;/h2*1-4,6H,5H2,(H,12,13);2*1H3;/q2*-1;;;+2. The van der Waals surface area contributed by atoms with E-state index in [9.17, 15) is 19.8 Å². The summed E-state index contributed by atoms with van der Waals surface area (Å²) in [7, 11) is 0. The van der Waals surface area contributed by atoms with Crippen LogP contribution in [0.3, 0.4) is 0 Å². The van der Waals surface area contributed by atoms with Crippen LogP contribution in [0.2, 0.25) is 9.88 Å². The number of benzene rings is 2. The summed E-state index contributed by atoms with van der Waals surface area (Å²) in [6.07, 6.45) is 3.93. The van der Waals surface area contributed by atoms with E-state index >= 15 is 0 Å². The number of aromatic nitrogens is 2. The van der Waals surface area contributed by atoms with Crippen LogP contribution in [0.25, 0.3) is 21.8 Å². The summed E-state index contributed by atoms with van der Waals surface area (Å²) in [5, 5.41) is 20.6. The first kappa shape index (κ1) is 19.6. The molecule has 148 valence electrons. The first-order valence-corrected chi connectivity index (χ1v) is 17.7. The van der Waals surface area contributed by atoms with Crippen LogP contribution < -0.4 is 0 Å². The van der Waals surface area contributed by atoms with E-state index in [4.69, 9.17) is 0 Å². The Bertz CT molecular complexity index is 1160. The van der Waals surface area contributed by atoms with Crippen LogP contribution in [0.5, 0.6) is 0 Å².